The van der Waals surface area contributed by atoms with Gasteiger partial charge < -0.3 is 10.4 Å². The quantitative estimate of drug-likeness (QED) is 0.545. The van der Waals surface area contributed by atoms with Gasteiger partial charge in [0.2, 0.25) is 0 Å². The van der Waals surface area contributed by atoms with E-state index in [1.165, 1.54) is 18.2 Å². The van der Waals surface area contributed by atoms with Crippen LogP contribution in [-0.4, -0.2) is 28.5 Å². The fourth-order valence-corrected chi connectivity index (χ4v) is 4.07. The maximum absolute atomic E-state index is 14.6. The number of carbonyl (C=O) groups is 2. The first-order valence-electron chi connectivity index (χ1n) is 8.55. The van der Waals surface area contributed by atoms with Crippen molar-refractivity contribution >= 4 is 29.3 Å². The Kier molecular flexibility index (Phi) is 5.97. The van der Waals surface area contributed by atoms with Crippen LogP contribution in [0.25, 0.3) is 11.1 Å². The normalized spacial score (nSPS) is 13.7. The molecule has 0 bridgehead atoms. The molecular formula is C20H15F4NO3S. The lowest BCUT2D eigenvalue weighted by Gasteiger charge is -2.14. The average molecular weight is 425 g/mol. The molecule has 3 rings (SSSR count). The van der Waals surface area contributed by atoms with Crippen LogP contribution in [0.5, 0.6) is 0 Å². The van der Waals surface area contributed by atoms with Gasteiger partial charge in [-0.25, -0.2) is 22.4 Å². The molecule has 0 unspecified atom stereocenters. The van der Waals surface area contributed by atoms with E-state index in [9.17, 15) is 27.2 Å². The van der Waals surface area contributed by atoms with Crippen LogP contribution < -0.4 is 5.32 Å². The Labute approximate surface area is 167 Å². The summed E-state index contributed by atoms with van der Waals surface area (Å²) in [5.41, 5.74) is -1.93. The number of aryl methyl sites for hydroxylation is 1. The van der Waals surface area contributed by atoms with E-state index in [0.29, 0.717) is 12.0 Å². The molecule has 0 saturated heterocycles. The number of hydrogen-bond acceptors (Lipinski definition) is 3. The zero-order chi connectivity index (χ0) is 21.3. The highest BCUT2D eigenvalue weighted by Crippen LogP contribution is 2.35. The van der Waals surface area contributed by atoms with Crippen LogP contribution in [0.15, 0.2) is 35.4 Å². The Balaban J connectivity index is 2.05. The second-order valence-corrected chi connectivity index (χ2v) is 7.25. The number of amides is 1. The van der Waals surface area contributed by atoms with Crippen molar-refractivity contribution in [2.24, 2.45) is 0 Å². The van der Waals surface area contributed by atoms with Gasteiger partial charge in [-0.3, -0.25) is 4.79 Å². The van der Waals surface area contributed by atoms with E-state index in [1.54, 1.807) is 11.4 Å². The van der Waals surface area contributed by atoms with E-state index in [4.69, 9.17) is 5.11 Å². The third kappa shape index (κ3) is 3.87. The number of hydrogen-bond donors (Lipinski definition) is 2. The van der Waals surface area contributed by atoms with Crippen molar-refractivity contribution in [3.63, 3.8) is 0 Å². The molecule has 2 N–H and O–H groups in total. The molecule has 0 aromatic heterocycles. The summed E-state index contributed by atoms with van der Waals surface area (Å²) in [7, 11) is 0. The average Bonchev–Trinajstić information content (AvgIpc) is 3.20. The fraction of sp³-hybridized carbons (Fsp3) is 0.200. The van der Waals surface area contributed by atoms with Gasteiger partial charge >= 0.3 is 5.97 Å². The second-order valence-electron chi connectivity index (χ2n) is 6.27. The van der Waals surface area contributed by atoms with Gasteiger partial charge in [-0.1, -0.05) is 31.2 Å². The maximum Gasteiger partial charge on any atom is 0.332 e. The van der Waals surface area contributed by atoms with Gasteiger partial charge in [0.15, 0.2) is 23.3 Å². The van der Waals surface area contributed by atoms with Crippen LogP contribution in [-0.2, 0) is 16.0 Å². The summed E-state index contributed by atoms with van der Waals surface area (Å²) in [5, 5.41) is 10.9. The highest BCUT2D eigenvalue weighted by molar-refractivity contribution is 8.00. The van der Waals surface area contributed by atoms with Gasteiger partial charge in [0.1, 0.15) is 5.69 Å². The van der Waals surface area contributed by atoms with Crippen molar-refractivity contribution in [3.05, 3.63) is 64.2 Å². The van der Waals surface area contributed by atoms with Crippen LogP contribution in [0.1, 0.15) is 12.5 Å². The summed E-state index contributed by atoms with van der Waals surface area (Å²) < 4.78 is 58.3. The van der Waals surface area contributed by atoms with Crippen LogP contribution in [0.2, 0.25) is 0 Å². The number of carbonyl (C=O) groups excluding carboxylic acids is 1. The maximum atomic E-state index is 14.6. The Hall–Kier alpha value is -2.81. The summed E-state index contributed by atoms with van der Waals surface area (Å²) in [5.74, 6) is -9.26. The highest BCUT2D eigenvalue weighted by atomic mass is 32.2. The summed E-state index contributed by atoms with van der Waals surface area (Å²) in [4.78, 5) is 23.4. The van der Waals surface area contributed by atoms with E-state index < -0.39 is 46.4 Å². The van der Waals surface area contributed by atoms with Crippen molar-refractivity contribution in [2.75, 3.05) is 16.8 Å². The molecule has 0 spiro atoms. The lowest BCUT2D eigenvalue weighted by Crippen LogP contribution is -2.21. The molecule has 1 amide bonds. The van der Waals surface area contributed by atoms with Crippen molar-refractivity contribution in [3.8, 4) is 11.1 Å². The third-order valence-corrected chi connectivity index (χ3v) is 5.50. The summed E-state index contributed by atoms with van der Waals surface area (Å²) in [6.45, 7) is 1.81. The Morgan fingerprint density at radius 2 is 1.66 bits per heavy atom. The zero-order valence-electron chi connectivity index (χ0n) is 15.1. The van der Waals surface area contributed by atoms with Crippen molar-refractivity contribution in [1.29, 1.82) is 0 Å². The van der Waals surface area contributed by atoms with Crippen molar-refractivity contribution < 1.29 is 32.3 Å². The molecule has 0 saturated carbocycles. The number of rotatable bonds is 5. The molecule has 152 valence electrons. The Morgan fingerprint density at radius 3 is 2.24 bits per heavy atom. The minimum atomic E-state index is -1.77. The highest BCUT2D eigenvalue weighted by Gasteiger charge is 2.30. The third-order valence-electron chi connectivity index (χ3n) is 4.52. The molecule has 1 aliphatic heterocycles. The number of carboxylic acids is 1. The van der Waals surface area contributed by atoms with E-state index in [2.05, 4.69) is 0 Å². The standard InChI is InChI=1S/C20H15F4NO3S/c1-2-9-4-3-5-10(6-9)13-14(21)16(23)18(17(24)15(13)22)25-19(26)11-7-29-8-12(11)20(27)28/h3-6H,2,7-8H2,1H3,(H,25,26)(H,27,28). The number of carboxylic acid groups (broad SMARTS) is 1. The van der Waals surface area contributed by atoms with E-state index >= 15 is 0 Å². The van der Waals surface area contributed by atoms with Gasteiger partial charge in [0.05, 0.1) is 11.1 Å². The summed E-state index contributed by atoms with van der Waals surface area (Å²) in [6, 6.07) is 5.94. The molecule has 2 aromatic rings. The first kappa shape index (κ1) is 20.9. The topological polar surface area (TPSA) is 66.4 Å². The van der Waals surface area contributed by atoms with E-state index in [1.807, 2.05) is 6.92 Å². The van der Waals surface area contributed by atoms with Gasteiger partial charge in [-0.05, 0) is 17.5 Å². The lowest BCUT2D eigenvalue weighted by molar-refractivity contribution is -0.132. The minimum absolute atomic E-state index is 0.00353. The first-order valence-corrected chi connectivity index (χ1v) is 9.71. The number of benzene rings is 2. The smallest absolute Gasteiger partial charge is 0.332 e. The molecular weight excluding hydrogens is 410 g/mol. The number of anilines is 1. The predicted molar refractivity (Wildman–Crippen MR) is 102 cm³/mol. The molecule has 29 heavy (non-hydrogen) atoms. The number of thioether (sulfide) groups is 1. The molecule has 0 fully saturated rings. The lowest BCUT2D eigenvalue weighted by atomic mass is 9.99. The molecule has 2 aromatic carbocycles. The van der Waals surface area contributed by atoms with Gasteiger partial charge in [0, 0.05) is 17.1 Å². The molecule has 4 nitrogen and oxygen atoms in total. The number of nitrogens with one attached hydrogen (secondary N) is 1. The molecule has 0 atom stereocenters. The fourth-order valence-electron chi connectivity index (χ4n) is 2.95. The van der Waals surface area contributed by atoms with E-state index in [0.717, 1.165) is 11.8 Å². The first-order chi connectivity index (χ1) is 13.8. The van der Waals surface area contributed by atoms with Crippen molar-refractivity contribution in [1.82, 2.24) is 0 Å². The molecule has 1 heterocycles. The monoisotopic (exact) mass is 425 g/mol. The van der Waals surface area contributed by atoms with Gasteiger partial charge in [-0.15, -0.1) is 0 Å². The SMILES string of the molecule is CCc1cccc(-c2c(F)c(F)c(NC(=O)C3=C(C(=O)O)CSC3)c(F)c2F)c1. The minimum Gasteiger partial charge on any atom is -0.478 e. The van der Waals surface area contributed by atoms with Crippen LogP contribution in [0.4, 0.5) is 23.2 Å². The summed E-state index contributed by atoms with van der Waals surface area (Å²) >= 11 is 1.12. The molecule has 1 aliphatic rings. The summed E-state index contributed by atoms with van der Waals surface area (Å²) in [6.07, 6.45) is 0.551. The van der Waals surface area contributed by atoms with Gasteiger partial charge in [-0.2, -0.15) is 11.8 Å². The predicted octanol–water partition coefficient (Wildman–Crippen LogP) is 4.54. The van der Waals surface area contributed by atoms with Crippen LogP contribution in [0, 0.1) is 23.3 Å². The Bertz CT molecular complexity index is 1020. The van der Waals surface area contributed by atoms with E-state index in [-0.39, 0.29) is 28.2 Å². The largest absolute Gasteiger partial charge is 0.478 e. The number of halogens is 4. The zero-order valence-corrected chi connectivity index (χ0v) is 15.9. The molecule has 0 radical (unpaired) electrons. The second kappa shape index (κ2) is 8.28. The van der Waals surface area contributed by atoms with Crippen LogP contribution >= 0.6 is 11.8 Å². The van der Waals surface area contributed by atoms with Gasteiger partial charge in [0.25, 0.3) is 5.91 Å². The molecule has 0 aliphatic carbocycles. The van der Waals surface area contributed by atoms with Crippen LogP contribution in [0.3, 0.4) is 0 Å². The Morgan fingerprint density at radius 1 is 1.03 bits per heavy atom. The number of aliphatic carboxylic acids is 1. The molecule has 9 heteroatoms. The van der Waals surface area contributed by atoms with Crippen molar-refractivity contribution in [2.45, 2.75) is 13.3 Å².